The van der Waals surface area contributed by atoms with Gasteiger partial charge in [0.1, 0.15) is 11.4 Å². The van der Waals surface area contributed by atoms with E-state index in [0.29, 0.717) is 30.4 Å². The molecule has 7 nitrogen and oxygen atoms in total. The van der Waals surface area contributed by atoms with E-state index in [2.05, 4.69) is 15.6 Å². The molecule has 1 saturated heterocycles. The zero-order chi connectivity index (χ0) is 19.8. The van der Waals surface area contributed by atoms with Crippen LogP contribution in [0.1, 0.15) is 27.2 Å². The van der Waals surface area contributed by atoms with Gasteiger partial charge in [0.2, 0.25) is 5.91 Å². The second-order valence-electron chi connectivity index (χ2n) is 7.09. The van der Waals surface area contributed by atoms with Crippen LogP contribution in [0.15, 0.2) is 34.9 Å². The average Bonchev–Trinajstić information content (AvgIpc) is 3.04. The summed E-state index contributed by atoms with van der Waals surface area (Å²) in [6.07, 6.45) is 1.59. The fourth-order valence-electron chi connectivity index (χ4n) is 3.56. The quantitative estimate of drug-likeness (QED) is 0.732. The number of anilines is 2. The van der Waals surface area contributed by atoms with Crippen LogP contribution in [0, 0.1) is 20.8 Å². The number of benzene rings is 1. The molecule has 1 aliphatic rings. The van der Waals surface area contributed by atoms with Gasteiger partial charge in [-0.1, -0.05) is 12.1 Å². The molecule has 7 heteroatoms. The minimum Gasteiger partial charge on any atom is -0.450 e. The van der Waals surface area contributed by atoms with Crippen molar-refractivity contribution < 1.29 is 14.0 Å². The van der Waals surface area contributed by atoms with E-state index in [1.54, 1.807) is 18.3 Å². The van der Waals surface area contributed by atoms with Crippen molar-refractivity contribution in [1.29, 1.82) is 0 Å². The smallest absolute Gasteiger partial charge is 0.291 e. The van der Waals surface area contributed by atoms with Crippen LogP contribution in [0.2, 0.25) is 0 Å². The van der Waals surface area contributed by atoms with Gasteiger partial charge in [-0.2, -0.15) is 0 Å². The van der Waals surface area contributed by atoms with Gasteiger partial charge in [-0.15, -0.1) is 0 Å². The monoisotopic (exact) mass is 378 g/mol. The van der Waals surface area contributed by atoms with E-state index in [0.717, 1.165) is 27.7 Å². The first kappa shape index (κ1) is 18.0. The zero-order valence-electron chi connectivity index (χ0n) is 16.1. The summed E-state index contributed by atoms with van der Waals surface area (Å²) in [5.74, 6) is 0.693. The van der Waals surface area contributed by atoms with Gasteiger partial charge in [0.15, 0.2) is 5.76 Å². The van der Waals surface area contributed by atoms with Crippen molar-refractivity contribution >= 4 is 34.3 Å². The number of hydrogen-bond acceptors (Lipinski definition) is 5. The van der Waals surface area contributed by atoms with Crippen LogP contribution in [-0.2, 0) is 4.79 Å². The maximum Gasteiger partial charge on any atom is 0.291 e. The summed E-state index contributed by atoms with van der Waals surface area (Å²) in [5.41, 5.74) is 4.23. The molecule has 0 unspecified atom stereocenters. The Morgan fingerprint density at radius 2 is 1.96 bits per heavy atom. The van der Waals surface area contributed by atoms with Gasteiger partial charge in [-0.25, -0.2) is 4.98 Å². The molecule has 0 spiro atoms. The lowest BCUT2D eigenvalue weighted by Gasteiger charge is -2.27. The molecule has 144 valence electrons. The highest BCUT2D eigenvalue weighted by Crippen LogP contribution is 2.31. The number of nitrogens with zero attached hydrogens (tertiary/aromatic N) is 2. The molecule has 1 aliphatic heterocycles. The molecular formula is C21H22N4O3. The summed E-state index contributed by atoms with van der Waals surface area (Å²) in [5, 5.41) is 6.62. The zero-order valence-corrected chi connectivity index (χ0v) is 16.1. The van der Waals surface area contributed by atoms with Gasteiger partial charge in [0.05, 0.1) is 18.4 Å². The lowest BCUT2D eigenvalue weighted by atomic mass is 10.0. The number of pyridine rings is 1. The summed E-state index contributed by atoms with van der Waals surface area (Å²) in [4.78, 5) is 30.6. The number of nitrogens with one attached hydrogen (secondary N) is 2. The number of hydrogen-bond donors (Lipinski definition) is 2. The molecule has 0 atom stereocenters. The normalized spacial score (nSPS) is 14.2. The second kappa shape index (κ2) is 6.99. The SMILES string of the molecule is Cc1ccc(C)c2c(C)c(C(=O)Nc3ccc(N4CCNC(=O)C4)nc3)oc12. The Morgan fingerprint density at radius 3 is 2.64 bits per heavy atom. The van der Waals surface area contributed by atoms with E-state index in [1.165, 1.54) is 0 Å². The average molecular weight is 378 g/mol. The summed E-state index contributed by atoms with van der Waals surface area (Å²) >= 11 is 0. The van der Waals surface area contributed by atoms with E-state index < -0.39 is 0 Å². The number of aryl methyl sites for hydroxylation is 3. The van der Waals surface area contributed by atoms with E-state index in [9.17, 15) is 9.59 Å². The van der Waals surface area contributed by atoms with Crippen LogP contribution in [0.4, 0.5) is 11.5 Å². The largest absolute Gasteiger partial charge is 0.450 e. The van der Waals surface area contributed by atoms with Crippen molar-refractivity contribution in [1.82, 2.24) is 10.3 Å². The topological polar surface area (TPSA) is 87.5 Å². The van der Waals surface area contributed by atoms with Gasteiger partial charge in [-0.05, 0) is 44.0 Å². The molecule has 0 saturated carbocycles. The first-order valence-electron chi connectivity index (χ1n) is 9.22. The first-order chi connectivity index (χ1) is 13.4. The number of rotatable bonds is 3. The molecule has 1 aromatic carbocycles. The van der Waals surface area contributed by atoms with E-state index in [1.807, 2.05) is 37.8 Å². The predicted octanol–water partition coefficient (Wildman–Crippen LogP) is 2.94. The van der Waals surface area contributed by atoms with Crippen molar-refractivity contribution in [2.24, 2.45) is 0 Å². The summed E-state index contributed by atoms with van der Waals surface area (Å²) in [6, 6.07) is 7.60. The van der Waals surface area contributed by atoms with Crippen LogP contribution < -0.4 is 15.5 Å². The van der Waals surface area contributed by atoms with Gasteiger partial charge in [-0.3, -0.25) is 9.59 Å². The highest BCUT2D eigenvalue weighted by atomic mass is 16.3. The highest BCUT2D eigenvalue weighted by Gasteiger charge is 2.21. The fraction of sp³-hybridized carbons (Fsp3) is 0.286. The Hall–Kier alpha value is -3.35. The molecule has 2 N–H and O–H groups in total. The summed E-state index contributed by atoms with van der Waals surface area (Å²) < 4.78 is 5.89. The van der Waals surface area contributed by atoms with Crippen LogP contribution in [0.5, 0.6) is 0 Å². The first-order valence-corrected chi connectivity index (χ1v) is 9.22. The van der Waals surface area contributed by atoms with Crippen molar-refractivity contribution in [3.05, 3.63) is 52.9 Å². The van der Waals surface area contributed by atoms with Crippen molar-refractivity contribution in [2.75, 3.05) is 29.9 Å². The minimum absolute atomic E-state index is 0.0172. The van der Waals surface area contributed by atoms with Crippen LogP contribution in [0.3, 0.4) is 0 Å². The molecule has 0 bridgehead atoms. The number of aromatic nitrogens is 1. The lowest BCUT2D eigenvalue weighted by molar-refractivity contribution is -0.120. The Kier molecular flexibility index (Phi) is 4.50. The van der Waals surface area contributed by atoms with Crippen LogP contribution in [0.25, 0.3) is 11.0 Å². The molecule has 2 amide bonds. The molecule has 0 aliphatic carbocycles. The Bertz CT molecular complexity index is 1070. The molecule has 1 fully saturated rings. The maximum absolute atomic E-state index is 12.8. The van der Waals surface area contributed by atoms with Gasteiger partial charge in [0.25, 0.3) is 5.91 Å². The molecule has 28 heavy (non-hydrogen) atoms. The number of amides is 2. The third kappa shape index (κ3) is 3.19. The molecule has 2 aromatic heterocycles. The second-order valence-corrected chi connectivity index (χ2v) is 7.09. The van der Waals surface area contributed by atoms with Crippen molar-refractivity contribution in [2.45, 2.75) is 20.8 Å². The van der Waals surface area contributed by atoms with Gasteiger partial charge < -0.3 is 20.0 Å². The highest BCUT2D eigenvalue weighted by molar-refractivity contribution is 6.07. The van der Waals surface area contributed by atoms with Crippen molar-refractivity contribution in [3.8, 4) is 0 Å². The van der Waals surface area contributed by atoms with E-state index in [-0.39, 0.29) is 18.4 Å². The standard InChI is InChI=1S/C21H22N4O3/c1-12-4-5-13(2)19-18(12)14(3)20(28-19)21(27)24-15-6-7-16(23-10-15)25-9-8-22-17(26)11-25/h4-7,10H,8-9,11H2,1-3H3,(H,22,26)(H,24,27). The Labute approximate surface area is 162 Å². The maximum atomic E-state index is 12.8. The lowest BCUT2D eigenvalue weighted by Crippen LogP contribution is -2.48. The fourth-order valence-corrected chi connectivity index (χ4v) is 3.56. The third-order valence-corrected chi connectivity index (χ3v) is 5.06. The number of furan rings is 1. The summed E-state index contributed by atoms with van der Waals surface area (Å²) in [6.45, 7) is 7.47. The Balaban J connectivity index is 1.55. The van der Waals surface area contributed by atoms with Crippen LogP contribution >= 0.6 is 0 Å². The molecule has 0 radical (unpaired) electrons. The van der Waals surface area contributed by atoms with E-state index in [4.69, 9.17) is 4.42 Å². The number of carbonyl (C=O) groups is 2. The van der Waals surface area contributed by atoms with Gasteiger partial charge >= 0.3 is 0 Å². The molecule has 4 rings (SSSR count). The minimum atomic E-state index is -0.306. The van der Waals surface area contributed by atoms with E-state index >= 15 is 0 Å². The summed E-state index contributed by atoms with van der Waals surface area (Å²) in [7, 11) is 0. The Morgan fingerprint density at radius 1 is 1.18 bits per heavy atom. The molecular weight excluding hydrogens is 356 g/mol. The van der Waals surface area contributed by atoms with Gasteiger partial charge in [0, 0.05) is 24.0 Å². The van der Waals surface area contributed by atoms with Crippen LogP contribution in [-0.4, -0.2) is 36.4 Å². The predicted molar refractivity (Wildman–Crippen MR) is 108 cm³/mol. The number of carbonyl (C=O) groups excluding carboxylic acids is 2. The third-order valence-electron chi connectivity index (χ3n) is 5.06. The molecule has 3 aromatic rings. The number of piperazine rings is 1. The van der Waals surface area contributed by atoms with Crippen molar-refractivity contribution in [3.63, 3.8) is 0 Å². The molecule has 3 heterocycles. The number of fused-ring (bicyclic) bond motifs is 1.